The molecule has 1 heteroatoms. The van der Waals surface area contributed by atoms with Crippen molar-refractivity contribution in [3.05, 3.63) is 174 Å². The summed E-state index contributed by atoms with van der Waals surface area (Å²) in [5.74, 6) is 0. The van der Waals surface area contributed by atoms with E-state index in [4.69, 9.17) is 0 Å². The summed E-state index contributed by atoms with van der Waals surface area (Å²) in [6, 6.07) is 53.0. The number of hydrogen-bond acceptors (Lipinski definition) is 0. The van der Waals surface area contributed by atoms with Gasteiger partial charge in [-0.25, -0.2) is 6.07 Å². The molecule has 0 aliphatic carbocycles. The van der Waals surface area contributed by atoms with Gasteiger partial charge in [-0.15, -0.1) is 0 Å². The summed E-state index contributed by atoms with van der Waals surface area (Å²) in [6.45, 7) is 4.48. The first-order valence-electron chi connectivity index (χ1n) is 15.3. The van der Waals surface area contributed by atoms with Crippen molar-refractivity contribution in [2.24, 2.45) is 0 Å². The Morgan fingerprint density at radius 2 is 0.881 bits per heavy atom. The molecule has 5 aromatic rings. The molecule has 0 saturated carbocycles. The quantitative estimate of drug-likeness (QED) is 0.0936. The summed E-state index contributed by atoms with van der Waals surface area (Å²) in [5.41, 5.74) is 6.04. The second-order valence-corrected chi connectivity index (χ2v) is 10.2. The van der Waals surface area contributed by atoms with Crippen molar-refractivity contribution in [3.8, 4) is 0 Å². The molecule has 0 fully saturated rings. The molecule has 0 nitrogen and oxygen atoms in total. The van der Waals surface area contributed by atoms with Crippen LogP contribution in [0.2, 0.25) is 0 Å². The van der Waals surface area contributed by atoms with E-state index in [1.54, 1.807) is 5.56 Å². The van der Waals surface area contributed by atoms with Gasteiger partial charge in [0.25, 0.3) is 0 Å². The van der Waals surface area contributed by atoms with E-state index in [1.165, 1.54) is 80.9 Å². The van der Waals surface area contributed by atoms with Crippen molar-refractivity contribution < 1.29 is 21.1 Å². The SMILES string of the molecule is Cc1cc[c-](CCCCCCCCCCc2ccccc2)c1C.[Pt+4].[c-]1ccccc1.[c-]1ccccc1.[c-]1ccccc1. The fraction of sp³-hybridized carbons (Fsp3) is 0.293. The van der Waals surface area contributed by atoms with Crippen molar-refractivity contribution in [1.29, 1.82) is 0 Å². The van der Waals surface area contributed by atoms with E-state index < -0.39 is 0 Å². The van der Waals surface area contributed by atoms with Crippen LogP contribution >= 0.6 is 0 Å². The molecule has 222 valence electrons. The van der Waals surface area contributed by atoms with Gasteiger partial charge in [-0.2, -0.15) is 132 Å². The van der Waals surface area contributed by atoms with Crippen LogP contribution in [0.1, 0.15) is 73.6 Å². The van der Waals surface area contributed by atoms with Gasteiger partial charge >= 0.3 is 21.1 Å². The van der Waals surface area contributed by atoms with Gasteiger partial charge in [0.05, 0.1) is 0 Å². The molecule has 0 amide bonds. The summed E-state index contributed by atoms with van der Waals surface area (Å²) in [6.07, 6.45) is 13.7. The molecule has 0 aliphatic heterocycles. The monoisotopic (exact) mass is 735 g/mol. The maximum absolute atomic E-state index is 2.89. The smallest absolute Gasteiger partial charge is 0.210 e. The van der Waals surface area contributed by atoms with E-state index in [0.717, 1.165) is 0 Å². The molecule has 5 aromatic carbocycles. The van der Waals surface area contributed by atoms with Crippen LogP contribution in [0.25, 0.3) is 0 Å². The number of aryl methyl sites for hydroxylation is 3. The summed E-state index contributed by atoms with van der Waals surface area (Å²) in [5, 5.41) is 0. The standard InChI is InChI=1S/C23H33.3C6H5.Pt/c1-20-18-19-23(21(20)2)17-13-8-6-4-3-5-7-10-14-22-15-11-9-12-16-22;3*1-2-4-6-5-3-1;/h9,11-12,15-16,18-19H,3-8,10,13-14,17H2,1-2H3;3*1-5H;/q4*-1;+4. The van der Waals surface area contributed by atoms with Gasteiger partial charge in [0.2, 0.25) is 0 Å². The van der Waals surface area contributed by atoms with Crippen LogP contribution in [0.4, 0.5) is 0 Å². The Morgan fingerprint density at radius 1 is 0.476 bits per heavy atom. The molecule has 0 heterocycles. The fourth-order valence-corrected chi connectivity index (χ4v) is 4.38. The fourth-order valence-electron chi connectivity index (χ4n) is 4.38. The van der Waals surface area contributed by atoms with Crippen LogP contribution in [-0.2, 0) is 33.9 Å². The maximum Gasteiger partial charge on any atom is 4.00 e. The molecule has 0 aliphatic rings. The molecule has 0 unspecified atom stereocenters. The normalized spacial score (nSPS) is 9.48. The van der Waals surface area contributed by atoms with E-state index in [-0.39, 0.29) is 21.1 Å². The average Bonchev–Trinajstić information content (AvgIpc) is 3.38. The van der Waals surface area contributed by atoms with E-state index >= 15 is 0 Å². The van der Waals surface area contributed by atoms with Gasteiger partial charge in [-0.05, 0) is 18.4 Å². The molecule has 5 rings (SSSR count). The van der Waals surface area contributed by atoms with Gasteiger partial charge < -0.3 is 0 Å². The van der Waals surface area contributed by atoms with Crippen LogP contribution < -0.4 is 0 Å². The van der Waals surface area contributed by atoms with E-state index in [1.807, 2.05) is 91.0 Å². The van der Waals surface area contributed by atoms with Crippen molar-refractivity contribution >= 4 is 0 Å². The van der Waals surface area contributed by atoms with Crippen LogP contribution in [0, 0.1) is 32.0 Å². The summed E-state index contributed by atoms with van der Waals surface area (Å²) in [7, 11) is 0. The van der Waals surface area contributed by atoms with Crippen molar-refractivity contribution in [3.63, 3.8) is 0 Å². The van der Waals surface area contributed by atoms with E-state index in [0.29, 0.717) is 0 Å². The second kappa shape index (κ2) is 26.8. The molecular weight excluding hydrogens is 688 g/mol. The number of benzene rings is 4. The van der Waals surface area contributed by atoms with Gasteiger partial charge in [-0.1, -0.05) is 95.5 Å². The van der Waals surface area contributed by atoms with Gasteiger partial charge in [0, 0.05) is 0 Å². The first-order chi connectivity index (χ1) is 20.3. The summed E-state index contributed by atoms with van der Waals surface area (Å²) >= 11 is 0. The van der Waals surface area contributed by atoms with Gasteiger partial charge in [-0.3, -0.25) is 0 Å². The zero-order valence-electron chi connectivity index (χ0n) is 25.6. The number of unbranched alkanes of at least 4 members (excludes halogenated alkanes) is 7. The van der Waals surface area contributed by atoms with Crippen LogP contribution in [0.15, 0.2) is 133 Å². The van der Waals surface area contributed by atoms with Crippen LogP contribution in [0.5, 0.6) is 0 Å². The van der Waals surface area contributed by atoms with Crippen molar-refractivity contribution in [2.75, 3.05) is 0 Å². The zero-order valence-corrected chi connectivity index (χ0v) is 27.9. The minimum absolute atomic E-state index is 0. The summed E-state index contributed by atoms with van der Waals surface area (Å²) < 4.78 is 0. The molecule has 0 aromatic heterocycles. The Hall–Kier alpha value is -3.08. The Bertz CT molecular complexity index is 1030. The Balaban J connectivity index is 0.000000370. The van der Waals surface area contributed by atoms with Gasteiger partial charge in [0.1, 0.15) is 0 Å². The minimum Gasteiger partial charge on any atom is -0.210 e. The van der Waals surface area contributed by atoms with Crippen LogP contribution in [0.3, 0.4) is 0 Å². The topological polar surface area (TPSA) is 0 Å². The molecule has 0 N–H and O–H groups in total. The number of hydrogen-bond donors (Lipinski definition) is 0. The maximum atomic E-state index is 2.89. The minimum atomic E-state index is 0. The Labute approximate surface area is 271 Å². The molecule has 0 atom stereocenters. The van der Waals surface area contributed by atoms with E-state index in [2.05, 4.69) is 74.5 Å². The predicted octanol–water partition coefficient (Wildman–Crippen LogP) is 11.4. The van der Waals surface area contributed by atoms with E-state index in [9.17, 15) is 0 Å². The van der Waals surface area contributed by atoms with Crippen molar-refractivity contribution in [2.45, 2.75) is 78.1 Å². The molecule has 0 radical (unpaired) electrons. The molecule has 0 bridgehead atoms. The largest absolute Gasteiger partial charge is 4.00 e. The average molecular weight is 736 g/mol. The van der Waals surface area contributed by atoms with Gasteiger partial charge in [0.15, 0.2) is 0 Å². The zero-order chi connectivity index (χ0) is 29.1. The third-order valence-electron chi connectivity index (χ3n) is 6.93. The number of rotatable bonds is 11. The third kappa shape index (κ3) is 19.9. The van der Waals surface area contributed by atoms with Crippen molar-refractivity contribution in [1.82, 2.24) is 0 Å². The molecule has 42 heavy (non-hydrogen) atoms. The second-order valence-electron chi connectivity index (χ2n) is 10.2. The third-order valence-corrected chi connectivity index (χ3v) is 6.93. The molecule has 0 saturated heterocycles. The Morgan fingerprint density at radius 3 is 1.24 bits per heavy atom. The molecule has 0 spiro atoms. The summed E-state index contributed by atoms with van der Waals surface area (Å²) in [4.78, 5) is 0. The Kier molecular flexibility index (Phi) is 23.6. The predicted molar refractivity (Wildman–Crippen MR) is 178 cm³/mol. The first kappa shape index (κ1) is 36.9. The molecular formula is C41H48Pt. The van der Waals surface area contributed by atoms with Crippen LogP contribution in [-0.4, -0.2) is 0 Å². The first-order valence-corrected chi connectivity index (χ1v) is 15.3.